The first-order valence-electron chi connectivity index (χ1n) is 5.47. The fourth-order valence-electron chi connectivity index (χ4n) is 1.37. The number of rotatable bonds is 6. The molecule has 0 radical (unpaired) electrons. The van der Waals surface area contributed by atoms with Crippen molar-refractivity contribution in [2.75, 3.05) is 7.11 Å². The van der Waals surface area contributed by atoms with Gasteiger partial charge < -0.3 is 19.7 Å². The summed E-state index contributed by atoms with van der Waals surface area (Å²) < 4.78 is 9.12. The summed E-state index contributed by atoms with van der Waals surface area (Å²) in [5, 5.41) is 14.7. The third-order valence-electron chi connectivity index (χ3n) is 2.46. The second-order valence-electron chi connectivity index (χ2n) is 3.77. The summed E-state index contributed by atoms with van der Waals surface area (Å²) in [6.45, 7) is 1.53. The van der Waals surface area contributed by atoms with Crippen LogP contribution in [0.15, 0.2) is 10.7 Å². The third-order valence-corrected chi connectivity index (χ3v) is 2.46. The average Bonchev–Trinajstić information content (AvgIpc) is 2.79. The number of hydrogen-bond acceptors (Lipinski definition) is 6. The van der Waals surface area contributed by atoms with E-state index in [2.05, 4.69) is 15.2 Å². The van der Waals surface area contributed by atoms with Crippen molar-refractivity contribution in [1.29, 1.82) is 0 Å². The van der Waals surface area contributed by atoms with Crippen LogP contribution < -0.4 is 5.32 Å². The molecule has 0 fully saturated rings. The highest BCUT2D eigenvalue weighted by Crippen LogP contribution is 2.07. The van der Waals surface area contributed by atoms with Gasteiger partial charge in [-0.15, -0.1) is 0 Å². The molecule has 0 spiro atoms. The highest BCUT2D eigenvalue weighted by Gasteiger charge is 2.23. The summed E-state index contributed by atoms with van der Waals surface area (Å²) in [6.07, 6.45) is 1.04. The number of nitrogens with one attached hydrogen (secondary N) is 1. The largest absolute Gasteiger partial charge is 0.480 e. The molecule has 0 bridgehead atoms. The number of carbonyl (C=O) groups is 3. The van der Waals surface area contributed by atoms with Crippen LogP contribution in [0.3, 0.4) is 0 Å². The number of ether oxygens (including phenoxy) is 1. The van der Waals surface area contributed by atoms with E-state index in [0.29, 0.717) is 0 Å². The normalized spacial score (nSPS) is 11.7. The number of nitrogens with zero attached hydrogens (tertiary/aromatic N) is 1. The Morgan fingerprint density at radius 3 is 2.68 bits per heavy atom. The fourth-order valence-corrected chi connectivity index (χ4v) is 1.37. The number of hydrogen-bond donors (Lipinski definition) is 2. The van der Waals surface area contributed by atoms with E-state index in [-0.39, 0.29) is 24.2 Å². The van der Waals surface area contributed by atoms with E-state index in [1.165, 1.54) is 20.2 Å². The number of aromatic nitrogens is 1. The molecule has 1 atom stereocenters. The molecule has 1 amide bonds. The number of carboxylic acids is 1. The highest BCUT2D eigenvalue weighted by atomic mass is 16.5. The molecule has 1 aromatic heterocycles. The Morgan fingerprint density at radius 2 is 2.21 bits per heavy atom. The van der Waals surface area contributed by atoms with Crippen molar-refractivity contribution in [2.24, 2.45) is 0 Å². The van der Waals surface area contributed by atoms with Crippen LogP contribution in [-0.2, 0) is 14.3 Å². The lowest BCUT2D eigenvalue weighted by atomic mass is 10.1. The van der Waals surface area contributed by atoms with Crippen LogP contribution in [0, 0.1) is 6.92 Å². The number of carboxylic acid groups (broad SMARTS) is 1. The third kappa shape index (κ3) is 4.09. The average molecular weight is 270 g/mol. The maximum atomic E-state index is 11.8. The summed E-state index contributed by atoms with van der Waals surface area (Å²) in [5.74, 6) is -2.10. The van der Waals surface area contributed by atoms with Crippen molar-refractivity contribution >= 4 is 17.8 Å². The lowest BCUT2D eigenvalue weighted by molar-refractivity contribution is -0.142. The molecule has 8 heteroatoms. The Hall–Kier alpha value is -2.38. The molecule has 0 aliphatic rings. The minimum Gasteiger partial charge on any atom is -0.480 e. The molecule has 1 rings (SSSR count). The van der Waals surface area contributed by atoms with Crippen molar-refractivity contribution in [3.8, 4) is 0 Å². The highest BCUT2D eigenvalue weighted by molar-refractivity contribution is 5.97. The van der Waals surface area contributed by atoms with Crippen molar-refractivity contribution in [3.63, 3.8) is 0 Å². The Kier molecular flexibility index (Phi) is 5.04. The lowest BCUT2D eigenvalue weighted by Crippen LogP contribution is -2.41. The van der Waals surface area contributed by atoms with E-state index in [4.69, 9.17) is 9.63 Å². The first-order valence-corrected chi connectivity index (χ1v) is 5.47. The van der Waals surface area contributed by atoms with E-state index in [1.54, 1.807) is 0 Å². The minimum atomic E-state index is -1.23. The summed E-state index contributed by atoms with van der Waals surface area (Å²) in [5.41, 5.74) is 0.157. The Bertz CT molecular complexity index is 481. The van der Waals surface area contributed by atoms with Gasteiger partial charge in [0, 0.05) is 6.42 Å². The molecular formula is C11H14N2O6. The van der Waals surface area contributed by atoms with E-state index in [1.807, 2.05) is 0 Å². The maximum absolute atomic E-state index is 11.8. The van der Waals surface area contributed by atoms with Crippen LogP contribution in [0.1, 0.15) is 29.0 Å². The Labute approximate surface area is 108 Å². The summed E-state index contributed by atoms with van der Waals surface area (Å²) in [4.78, 5) is 33.7. The molecule has 1 aromatic rings. The number of amides is 1. The van der Waals surface area contributed by atoms with Gasteiger partial charge >= 0.3 is 11.9 Å². The molecule has 0 aliphatic carbocycles. The molecule has 19 heavy (non-hydrogen) atoms. The molecule has 104 valence electrons. The second kappa shape index (κ2) is 6.53. The first-order chi connectivity index (χ1) is 8.95. The van der Waals surface area contributed by atoms with E-state index >= 15 is 0 Å². The van der Waals surface area contributed by atoms with Crippen molar-refractivity contribution in [1.82, 2.24) is 10.5 Å². The molecule has 2 N–H and O–H groups in total. The molecule has 0 unspecified atom stereocenters. The molecule has 1 heterocycles. The van der Waals surface area contributed by atoms with Gasteiger partial charge in [-0.1, -0.05) is 5.16 Å². The zero-order valence-electron chi connectivity index (χ0n) is 10.5. The quantitative estimate of drug-likeness (QED) is 0.704. The van der Waals surface area contributed by atoms with E-state index in [0.717, 1.165) is 0 Å². The Morgan fingerprint density at radius 1 is 1.53 bits per heavy atom. The van der Waals surface area contributed by atoms with Crippen LogP contribution >= 0.6 is 0 Å². The van der Waals surface area contributed by atoms with Gasteiger partial charge in [0.25, 0.3) is 5.91 Å². The van der Waals surface area contributed by atoms with Gasteiger partial charge in [-0.05, 0) is 13.3 Å². The Balaban J connectivity index is 2.64. The van der Waals surface area contributed by atoms with Crippen LogP contribution in [0.5, 0.6) is 0 Å². The second-order valence-corrected chi connectivity index (χ2v) is 3.77. The topological polar surface area (TPSA) is 119 Å². The number of methoxy groups -OCH3 is 1. The molecule has 0 aliphatic heterocycles. The fraction of sp³-hybridized carbons (Fsp3) is 0.455. The molecule has 0 aromatic carbocycles. The van der Waals surface area contributed by atoms with E-state index in [9.17, 15) is 14.4 Å². The van der Waals surface area contributed by atoms with Gasteiger partial charge in [0.2, 0.25) is 0 Å². The van der Waals surface area contributed by atoms with Gasteiger partial charge in [-0.25, -0.2) is 4.79 Å². The first kappa shape index (κ1) is 14.7. The minimum absolute atomic E-state index is 0.0575. The summed E-state index contributed by atoms with van der Waals surface area (Å²) in [6, 6.07) is -1.18. The van der Waals surface area contributed by atoms with Crippen molar-refractivity contribution < 1.29 is 28.8 Å². The zero-order chi connectivity index (χ0) is 14.4. The standard InChI is InChI=1S/C11H14N2O6/c1-6-7(5-12-19-6)10(15)13-8(11(16)17)3-4-9(14)18-2/h5,8H,3-4H2,1-2H3,(H,13,15)(H,16,17)/t8-/m1/s1. The molecular weight excluding hydrogens is 256 g/mol. The van der Waals surface area contributed by atoms with Crippen LogP contribution in [0.25, 0.3) is 0 Å². The van der Waals surface area contributed by atoms with Gasteiger partial charge in [0.1, 0.15) is 17.4 Å². The number of aliphatic carboxylic acids is 1. The monoisotopic (exact) mass is 270 g/mol. The van der Waals surface area contributed by atoms with Crippen LogP contribution in [-0.4, -0.2) is 41.3 Å². The summed E-state index contributed by atoms with van der Waals surface area (Å²) >= 11 is 0. The van der Waals surface area contributed by atoms with Gasteiger partial charge in [0.15, 0.2) is 0 Å². The van der Waals surface area contributed by atoms with Crippen molar-refractivity contribution in [2.45, 2.75) is 25.8 Å². The van der Waals surface area contributed by atoms with E-state index < -0.39 is 23.9 Å². The van der Waals surface area contributed by atoms with Crippen LogP contribution in [0.4, 0.5) is 0 Å². The molecule has 0 saturated heterocycles. The maximum Gasteiger partial charge on any atom is 0.326 e. The summed E-state index contributed by atoms with van der Waals surface area (Å²) in [7, 11) is 1.21. The van der Waals surface area contributed by atoms with Crippen molar-refractivity contribution in [3.05, 3.63) is 17.5 Å². The van der Waals surface area contributed by atoms with Gasteiger partial charge in [-0.3, -0.25) is 9.59 Å². The van der Waals surface area contributed by atoms with Gasteiger partial charge in [-0.2, -0.15) is 0 Å². The number of carbonyl (C=O) groups excluding carboxylic acids is 2. The molecule has 0 saturated carbocycles. The zero-order valence-corrected chi connectivity index (χ0v) is 10.5. The smallest absolute Gasteiger partial charge is 0.326 e. The number of aryl methyl sites for hydroxylation is 1. The predicted octanol–water partition coefficient (Wildman–Crippen LogP) is 0.119. The number of esters is 1. The lowest BCUT2D eigenvalue weighted by Gasteiger charge is -2.13. The SMILES string of the molecule is COC(=O)CC[C@@H](NC(=O)c1cnoc1C)C(=O)O. The molecule has 8 nitrogen and oxygen atoms in total. The van der Waals surface area contributed by atoms with Crippen LogP contribution in [0.2, 0.25) is 0 Å². The predicted molar refractivity (Wildman–Crippen MR) is 61.4 cm³/mol. The van der Waals surface area contributed by atoms with Gasteiger partial charge in [0.05, 0.1) is 13.3 Å².